The van der Waals surface area contributed by atoms with E-state index in [2.05, 4.69) is 10.6 Å². The molecule has 1 atom stereocenters. The summed E-state index contributed by atoms with van der Waals surface area (Å²) in [6.07, 6.45) is 1.57. The number of rotatable bonds is 3. The van der Waals surface area contributed by atoms with Crippen molar-refractivity contribution in [2.45, 2.75) is 19.8 Å². The number of hydrogen-bond acceptors (Lipinski definition) is 5. The SMILES string of the molecule is CC1(C(=O)Nc2c(O)cccc2[N+](=O)[O-])CCCNC1. The first-order chi connectivity index (χ1) is 9.44. The van der Waals surface area contributed by atoms with E-state index in [1.807, 2.05) is 0 Å². The molecule has 7 nitrogen and oxygen atoms in total. The predicted octanol–water partition coefficient (Wildman–Crippen LogP) is 1.63. The molecule has 1 amide bonds. The zero-order chi connectivity index (χ0) is 14.8. The van der Waals surface area contributed by atoms with Crippen molar-refractivity contribution in [3.05, 3.63) is 28.3 Å². The van der Waals surface area contributed by atoms with Gasteiger partial charge in [-0.25, -0.2) is 0 Å². The standard InChI is InChI=1S/C13H17N3O4/c1-13(6-3-7-14-8-13)12(18)15-11-9(16(19)20)4-2-5-10(11)17/h2,4-5,14,17H,3,6-8H2,1H3,(H,15,18). The number of carbonyl (C=O) groups excluding carboxylic acids is 1. The molecule has 1 heterocycles. The van der Waals surface area contributed by atoms with Crippen molar-refractivity contribution in [1.29, 1.82) is 0 Å². The number of benzene rings is 1. The normalized spacial score (nSPS) is 22.2. The summed E-state index contributed by atoms with van der Waals surface area (Å²) in [5, 5.41) is 26.3. The molecule has 0 aromatic heterocycles. The van der Waals surface area contributed by atoms with Gasteiger partial charge in [0.2, 0.25) is 5.91 Å². The summed E-state index contributed by atoms with van der Waals surface area (Å²) >= 11 is 0. The molecular formula is C13H17N3O4. The Balaban J connectivity index is 2.25. The predicted molar refractivity (Wildman–Crippen MR) is 73.6 cm³/mol. The van der Waals surface area contributed by atoms with Gasteiger partial charge < -0.3 is 15.7 Å². The van der Waals surface area contributed by atoms with Crippen LogP contribution in [0.5, 0.6) is 5.75 Å². The minimum atomic E-state index is -0.631. The monoisotopic (exact) mass is 279 g/mol. The molecule has 3 N–H and O–H groups in total. The Hall–Kier alpha value is -2.15. The lowest BCUT2D eigenvalue weighted by Crippen LogP contribution is -2.46. The number of carbonyl (C=O) groups is 1. The van der Waals surface area contributed by atoms with Crippen LogP contribution >= 0.6 is 0 Å². The Kier molecular flexibility index (Phi) is 3.89. The van der Waals surface area contributed by atoms with E-state index in [0.29, 0.717) is 13.0 Å². The number of hydrogen-bond donors (Lipinski definition) is 3. The Labute approximate surface area is 116 Å². The molecule has 1 saturated heterocycles. The van der Waals surface area contributed by atoms with Gasteiger partial charge in [0.05, 0.1) is 10.3 Å². The van der Waals surface area contributed by atoms with Crippen LogP contribution in [0.4, 0.5) is 11.4 Å². The average molecular weight is 279 g/mol. The van der Waals surface area contributed by atoms with E-state index in [-0.39, 0.29) is 23.0 Å². The smallest absolute Gasteiger partial charge is 0.296 e. The van der Waals surface area contributed by atoms with Crippen LogP contribution in [0.25, 0.3) is 0 Å². The highest BCUT2D eigenvalue weighted by Crippen LogP contribution is 2.35. The number of nitrogens with zero attached hydrogens (tertiary/aromatic N) is 1. The molecule has 1 aliphatic heterocycles. The van der Waals surface area contributed by atoms with E-state index in [4.69, 9.17) is 0 Å². The third-order valence-corrected chi connectivity index (χ3v) is 3.60. The van der Waals surface area contributed by atoms with Crippen molar-refractivity contribution in [2.75, 3.05) is 18.4 Å². The van der Waals surface area contributed by atoms with Gasteiger partial charge in [0, 0.05) is 12.6 Å². The second-order valence-electron chi connectivity index (χ2n) is 5.22. The van der Waals surface area contributed by atoms with Crippen LogP contribution < -0.4 is 10.6 Å². The molecule has 1 aliphatic rings. The van der Waals surface area contributed by atoms with E-state index in [1.54, 1.807) is 6.92 Å². The fraction of sp³-hybridized carbons (Fsp3) is 0.462. The number of anilines is 1. The Bertz CT molecular complexity index is 538. The molecule has 108 valence electrons. The van der Waals surface area contributed by atoms with Gasteiger partial charge in [0.15, 0.2) is 5.69 Å². The third-order valence-electron chi connectivity index (χ3n) is 3.60. The molecule has 1 fully saturated rings. The number of nitro benzene ring substituents is 1. The Morgan fingerprint density at radius 3 is 2.90 bits per heavy atom. The Morgan fingerprint density at radius 2 is 2.30 bits per heavy atom. The number of para-hydroxylation sites is 1. The van der Waals surface area contributed by atoms with Gasteiger partial charge in [-0.15, -0.1) is 0 Å². The van der Waals surface area contributed by atoms with Crippen LogP contribution in [0.2, 0.25) is 0 Å². The zero-order valence-corrected chi connectivity index (χ0v) is 11.2. The lowest BCUT2D eigenvalue weighted by atomic mass is 9.82. The third kappa shape index (κ3) is 2.72. The molecule has 0 aliphatic carbocycles. The summed E-state index contributed by atoms with van der Waals surface area (Å²) in [4.78, 5) is 22.6. The summed E-state index contributed by atoms with van der Waals surface area (Å²) < 4.78 is 0. The fourth-order valence-corrected chi connectivity index (χ4v) is 2.32. The number of phenols is 1. The molecule has 20 heavy (non-hydrogen) atoms. The molecule has 0 saturated carbocycles. The molecule has 0 radical (unpaired) electrons. The van der Waals surface area contributed by atoms with Gasteiger partial charge in [-0.05, 0) is 32.4 Å². The second-order valence-corrected chi connectivity index (χ2v) is 5.22. The number of nitrogens with one attached hydrogen (secondary N) is 2. The lowest BCUT2D eigenvalue weighted by Gasteiger charge is -2.32. The molecular weight excluding hydrogens is 262 g/mol. The molecule has 1 aromatic carbocycles. The van der Waals surface area contributed by atoms with E-state index >= 15 is 0 Å². The molecule has 1 aromatic rings. The minimum Gasteiger partial charge on any atom is -0.505 e. The number of amides is 1. The Morgan fingerprint density at radius 1 is 1.55 bits per heavy atom. The average Bonchev–Trinajstić information content (AvgIpc) is 2.41. The van der Waals surface area contributed by atoms with E-state index < -0.39 is 10.3 Å². The number of aromatic hydroxyl groups is 1. The van der Waals surface area contributed by atoms with Gasteiger partial charge in [-0.3, -0.25) is 14.9 Å². The van der Waals surface area contributed by atoms with Crippen LogP contribution in [-0.2, 0) is 4.79 Å². The van der Waals surface area contributed by atoms with Crippen LogP contribution in [0.1, 0.15) is 19.8 Å². The maximum atomic E-state index is 12.3. The van der Waals surface area contributed by atoms with Crippen molar-refractivity contribution >= 4 is 17.3 Å². The topological polar surface area (TPSA) is 104 Å². The largest absolute Gasteiger partial charge is 0.505 e. The highest BCUT2D eigenvalue weighted by molar-refractivity contribution is 5.98. The fourth-order valence-electron chi connectivity index (χ4n) is 2.32. The summed E-state index contributed by atoms with van der Waals surface area (Å²) in [6.45, 7) is 3.18. The molecule has 0 spiro atoms. The lowest BCUT2D eigenvalue weighted by molar-refractivity contribution is -0.384. The van der Waals surface area contributed by atoms with Crippen molar-refractivity contribution in [1.82, 2.24) is 5.32 Å². The van der Waals surface area contributed by atoms with Crippen molar-refractivity contribution < 1.29 is 14.8 Å². The number of piperidine rings is 1. The van der Waals surface area contributed by atoms with Gasteiger partial charge in [-0.1, -0.05) is 6.07 Å². The first kappa shape index (κ1) is 14.3. The summed E-state index contributed by atoms with van der Waals surface area (Å²) in [5.74, 6) is -0.630. The van der Waals surface area contributed by atoms with Crippen LogP contribution in [0.3, 0.4) is 0 Å². The van der Waals surface area contributed by atoms with Crippen molar-refractivity contribution in [2.24, 2.45) is 5.41 Å². The van der Waals surface area contributed by atoms with Crippen molar-refractivity contribution in [3.8, 4) is 5.75 Å². The number of nitro groups is 1. The highest BCUT2D eigenvalue weighted by Gasteiger charge is 2.36. The van der Waals surface area contributed by atoms with Gasteiger partial charge >= 0.3 is 0 Å². The first-order valence-electron chi connectivity index (χ1n) is 6.42. The van der Waals surface area contributed by atoms with E-state index in [9.17, 15) is 20.0 Å². The van der Waals surface area contributed by atoms with Gasteiger partial charge in [0.25, 0.3) is 5.69 Å². The zero-order valence-electron chi connectivity index (χ0n) is 11.2. The van der Waals surface area contributed by atoms with Crippen LogP contribution in [-0.4, -0.2) is 29.0 Å². The van der Waals surface area contributed by atoms with Gasteiger partial charge in [-0.2, -0.15) is 0 Å². The van der Waals surface area contributed by atoms with E-state index in [0.717, 1.165) is 13.0 Å². The summed E-state index contributed by atoms with van der Waals surface area (Å²) in [5.41, 5.74) is -1.09. The highest BCUT2D eigenvalue weighted by atomic mass is 16.6. The molecule has 2 rings (SSSR count). The van der Waals surface area contributed by atoms with Crippen molar-refractivity contribution in [3.63, 3.8) is 0 Å². The maximum absolute atomic E-state index is 12.3. The first-order valence-corrected chi connectivity index (χ1v) is 6.42. The quantitative estimate of drug-likeness (QED) is 0.443. The van der Waals surface area contributed by atoms with Gasteiger partial charge in [0.1, 0.15) is 5.75 Å². The molecule has 7 heteroatoms. The van der Waals surface area contributed by atoms with Crippen LogP contribution in [0.15, 0.2) is 18.2 Å². The molecule has 0 bridgehead atoms. The second kappa shape index (κ2) is 5.46. The van der Waals surface area contributed by atoms with E-state index in [1.165, 1.54) is 18.2 Å². The molecule has 1 unspecified atom stereocenters. The number of phenolic OH excluding ortho intramolecular Hbond substituents is 1. The minimum absolute atomic E-state index is 0.144. The summed E-state index contributed by atoms with van der Waals surface area (Å²) in [7, 11) is 0. The summed E-state index contributed by atoms with van der Waals surface area (Å²) in [6, 6.07) is 3.92. The van der Waals surface area contributed by atoms with Crippen LogP contribution in [0, 0.1) is 15.5 Å². The maximum Gasteiger partial charge on any atom is 0.296 e.